The summed E-state index contributed by atoms with van der Waals surface area (Å²) in [5, 5.41) is 8.95. The normalized spacial score (nSPS) is 14.8. The number of aromatic nitrogens is 2. The molecule has 30 heavy (non-hydrogen) atoms. The van der Waals surface area contributed by atoms with Gasteiger partial charge >= 0.3 is 0 Å². The summed E-state index contributed by atoms with van der Waals surface area (Å²) in [7, 11) is 0. The van der Waals surface area contributed by atoms with Crippen LogP contribution in [0.5, 0.6) is 0 Å². The predicted molar refractivity (Wildman–Crippen MR) is 120 cm³/mol. The van der Waals surface area contributed by atoms with Gasteiger partial charge in [0.05, 0.1) is 11.9 Å². The lowest BCUT2D eigenvalue weighted by atomic mass is 10.1. The number of nitrogens with one attached hydrogen (secondary N) is 1. The van der Waals surface area contributed by atoms with Crippen LogP contribution in [0, 0.1) is 0 Å². The van der Waals surface area contributed by atoms with Crippen LogP contribution >= 0.6 is 0 Å². The number of hydrogen-bond donors (Lipinski definition) is 1. The molecule has 1 fully saturated rings. The Hall–Kier alpha value is -3.25. The second-order valence-corrected chi connectivity index (χ2v) is 7.52. The zero-order valence-corrected chi connectivity index (χ0v) is 17.1. The van der Waals surface area contributed by atoms with Crippen LogP contribution in [0.1, 0.15) is 31.2 Å². The largest absolute Gasteiger partial charge is 0.303 e. The molecule has 1 aliphatic heterocycles. The fourth-order valence-electron chi connectivity index (χ4n) is 3.69. The van der Waals surface area contributed by atoms with E-state index in [2.05, 4.69) is 15.4 Å². The van der Waals surface area contributed by atoms with Crippen LogP contribution in [0.25, 0.3) is 16.9 Å². The minimum atomic E-state index is -0.0615. The van der Waals surface area contributed by atoms with E-state index < -0.39 is 0 Å². The van der Waals surface area contributed by atoms with Gasteiger partial charge in [-0.05, 0) is 38.1 Å². The van der Waals surface area contributed by atoms with Gasteiger partial charge in [0.25, 0.3) is 0 Å². The van der Waals surface area contributed by atoms with E-state index in [1.807, 2.05) is 71.5 Å². The zero-order chi connectivity index (χ0) is 20.6. The van der Waals surface area contributed by atoms with Crippen molar-refractivity contribution in [2.45, 2.75) is 25.7 Å². The van der Waals surface area contributed by atoms with E-state index in [9.17, 15) is 4.79 Å². The molecule has 4 rings (SSSR count). The molecule has 1 aliphatic rings. The molecule has 1 aromatic heterocycles. The lowest BCUT2D eigenvalue weighted by Crippen LogP contribution is -2.33. The highest BCUT2D eigenvalue weighted by molar-refractivity contribution is 5.89. The smallest absolute Gasteiger partial charge is 0.241 e. The zero-order valence-electron chi connectivity index (χ0n) is 17.1. The van der Waals surface area contributed by atoms with Crippen molar-refractivity contribution in [2.75, 3.05) is 19.6 Å². The number of carbonyl (C=O) groups is 1. The molecule has 3 aromatic rings. The van der Waals surface area contributed by atoms with E-state index in [-0.39, 0.29) is 5.91 Å². The number of likely N-dealkylation sites (tertiary alicyclic amines) is 1. The summed E-state index contributed by atoms with van der Waals surface area (Å²) in [6, 6.07) is 19.9. The molecule has 6 nitrogen and oxygen atoms in total. The van der Waals surface area contributed by atoms with Crippen molar-refractivity contribution in [1.82, 2.24) is 20.1 Å². The molecule has 0 radical (unpaired) electrons. The number of amides is 1. The lowest BCUT2D eigenvalue weighted by Gasteiger charge is -2.25. The third kappa shape index (κ3) is 5.21. The average Bonchev–Trinajstić information content (AvgIpc) is 3.24. The maximum absolute atomic E-state index is 12.2. The molecule has 0 bridgehead atoms. The Kier molecular flexibility index (Phi) is 6.67. The molecule has 0 spiro atoms. The molecular formula is C24H27N5O. The van der Waals surface area contributed by atoms with E-state index in [1.165, 1.54) is 19.3 Å². The van der Waals surface area contributed by atoms with Gasteiger partial charge < -0.3 is 4.90 Å². The average molecular weight is 402 g/mol. The number of benzene rings is 2. The van der Waals surface area contributed by atoms with Crippen molar-refractivity contribution < 1.29 is 4.79 Å². The summed E-state index contributed by atoms with van der Waals surface area (Å²) in [6.45, 7) is 2.98. The van der Waals surface area contributed by atoms with Crippen LogP contribution in [0.2, 0.25) is 0 Å². The van der Waals surface area contributed by atoms with E-state index in [0.29, 0.717) is 6.42 Å². The molecule has 0 atom stereocenters. The first kappa shape index (κ1) is 20.0. The number of para-hydroxylation sites is 1. The third-order valence-corrected chi connectivity index (χ3v) is 5.31. The van der Waals surface area contributed by atoms with Crippen LogP contribution < -0.4 is 5.43 Å². The molecule has 2 aromatic carbocycles. The van der Waals surface area contributed by atoms with Gasteiger partial charge in [-0.15, -0.1) is 0 Å². The fraction of sp³-hybridized carbons (Fsp3) is 0.292. The second-order valence-electron chi connectivity index (χ2n) is 7.52. The van der Waals surface area contributed by atoms with E-state index in [1.54, 1.807) is 6.21 Å². The van der Waals surface area contributed by atoms with Gasteiger partial charge in [0.15, 0.2) is 0 Å². The molecule has 2 heterocycles. The standard InChI is InChI=1S/C24H27N5O/c30-23(14-17-28-15-8-3-9-16-28)26-25-18-21-19-29(22-12-6-2-7-13-22)27-24(21)20-10-4-1-5-11-20/h1-2,4-7,10-13,18-19H,3,8-9,14-17H2,(H,26,30)/b25-18+. The van der Waals surface area contributed by atoms with Gasteiger partial charge in [0.1, 0.15) is 5.69 Å². The number of carbonyl (C=O) groups excluding carboxylic acids is 1. The number of nitrogens with zero attached hydrogens (tertiary/aromatic N) is 4. The highest BCUT2D eigenvalue weighted by Gasteiger charge is 2.12. The first-order valence-corrected chi connectivity index (χ1v) is 10.5. The Morgan fingerprint density at radius 2 is 1.70 bits per heavy atom. The van der Waals surface area contributed by atoms with Gasteiger partial charge in [-0.1, -0.05) is 55.0 Å². The molecule has 154 valence electrons. The molecule has 0 saturated carbocycles. The van der Waals surface area contributed by atoms with Crippen LogP contribution in [0.3, 0.4) is 0 Å². The first-order valence-electron chi connectivity index (χ1n) is 10.5. The third-order valence-electron chi connectivity index (χ3n) is 5.31. The van der Waals surface area contributed by atoms with Gasteiger partial charge in [-0.25, -0.2) is 10.1 Å². The molecule has 0 unspecified atom stereocenters. The van der Waals surface area contributed by atoms with Crippen LogP contribution in [-0.4, -0.2) is 46.4 Å². The van der Waals surface area contributed by atoms with E-state index >= 15 is 0 Å². The summed E-state index contributed by atoms with van der Waals surface area (Å²) in [5.41, 5.74) is 6.32. The molecular weight excluding hydrogens is 374 g/mol. The van der Waals surface area contributed by atoms with Crippen LogP contribution in [0.4, 0.5) is 0 Å². The van der Waals surface area contributed by atoms with E-state index in [4.69, 9.17) is 5.10 Å². The minimum Gasteiger partial charge on any atom is -0.303 e. The Morgan fingerprint density at radius 3 is 2.43 bits per heavy atom. The van der Waals surface area contributed by atoms with Crippen molar-refractivity contribution in [1.29, 1.82) is 0 Å². The Bertz CT molecular complexity index is 975. The fourth-order valence-corrected chi connectivity index (χ4v) is 3.69. The summed E-state index contributed by atoms with van der Waals surface area (Å²) in [5.74, 6) is -0.0615. The Balaban J connectivity index is 1.45. The van der Waals surface area contributed by atoms with Gasteiger partial charge in [0, 0.05) is 30.3 Å². The van der Waals surface area contributed by atoms with Crippen molar-refractivity contribution >= 4 is 12.1 Å². The molecule has 1 saturated heterocycles. The number of piperidine rings is 1. The SMILES string of the molecule is O=C(CCN1CCCCC1)N/N=C/c1cn(-c2ccccc2)nc1-c1ccccc1. The summed E-state index contributed by atoms with van der Waals surface area (Å²) >= 11 is 0. The van der Waals surface area contributed by atoms with Gasteiger partial charge in [-0.2, -0.15) is 10.2 Å². The van der Waals surface area contributed by atoms with E-state index in [0.717, 1.165) is 42.1 Å². The summed E-state index contributed by atoms with van der Waals surface area (Å²) < 4.78 is 1.84. The molecule has 0 aliphatic carbocycles. The van der Waals surface area contributed by atoms with Gasteiger partial charge in [0.2, 0.25) is 5.91 Å². The molecule has 1 N–H and O–H groups in total. The van der Waals surface area contributed by atoms with Crippen LogP contribution in [-0.2, 0) is 4.79 Å². The lowest BCUT2D eigenvalue weighted by molar-refractivity contribution is -0.121. The summed E-state index contributed by atoms with van der Waals surface area (Å²) in [6.07, 6.45) is 7.83. The number of hydrazone groups is 1. The van der Waals surface area contributed by atoms with Crippen molar-refractivity contribution in [2.24, 2.45) is 5.10 Å². The van der Waals surface area contributed by atoms with Gasteiger partial charge in [-0.3, -0.25) is 4.79 Å². The summed E-state index contributed by atoms with van der Waals surface area (Å²) in [4.78, 5) is 14.5. The highest BCUT2D eigenvalue weighted by Crippen LogP contribution is 2.22. The monoisotopic (exact) mass is 401 g/mol. The molecule has 1 amide bonds. The quantitative estimate of drug-likeness (QED) is 0.483. The minimum absolute atomic E-state index is 0.0615. The maximum Gasteiger partial charge on any atom is 0.241 e. The first-order chi connectivity index (χ1) is 14.8. The molecule has 6 heteroatoms. The maximum atomic E-state index is 12.2. The second kappa shape index (κ2) is 9.98. The predicted octanol–water partition coefficient (Wildman–Crippen LogP) is 3.87. The topological polar surface area (TPSA) is 62.5 Å². The number of hydrogen-bond acceptors (Lipinski definition) is 4. The Morgan fingerprint density at radius 1 is 1.00 bits per heavy atom. The van der Waals surface area contributed by atoms with Crippen molar-refractivity contribution in [3.8, 4) is 16.9 Å². The number of rotatable bonds is 7. The Labute approximate surface area is 177 Å². The highest BCUT2D eigenvalue weighted by atomic mass is 16.2. The van der Waals surface area contributed by atoms with Crippen LogP contribution in [0.15, 0.2) is 72.0 Å². The van der Waals surface area contributed by atoms with Crippen molar-refractivity contribution in [3.63, 3.8) is 0 Å². The van der Waals surface area contributed by atoms with Crippen molar-refractivity contribution in [3.05, 3.63) is 72.4 Å².